The summed E-state index contributed by atoms with van der Waals surface area (Å²) in [4.78, 5) is 32.5. The second-order valence-electron chi connectivity index (χ2n) is 11.1. The minimum Gasteiger partial charge on any atom is -0.497 e. The normalized spacial score (nSPS) is 23.2. The molecule has 0 unspecified atom stereocenters. The summed E-state index contributed by atoms with van der Waals surface area (Å²) < 4.78 is 12.8. The van der Waals surface area contributed by atoms with Gasteiger partial charge in [-0.25, -0.2) is 4.79 Å². The summed E-state index contributed by atoms with van der Waals surface area (Å²) in [6, 6.07) is 7.34. The van der Waals surface area contributed by atoms with Crippen LogP contribution in [0.25, 0.3) is 5.69 Å². The van der Waals surface area contributed by atoms with Gasteiger partial charge in [0, 0.05) is 30.8 Å². The van der Waals surface area contributed by atoms with Crippen LogP contribution in [0.4, 0.5) is 4.79 Å². The summed E-state index contributed by atoms with van der Waals surface area (Å²) in [5, 5.41) is 12.6. The fourth-order valence-corrected chi connectivity index (χ4v) is 6.47. The lowest BCUT2D eigenvalue weighted by Crippen LogP contribution is -2.48. The molecule has 0 saturated carbocycles. The number of aromatic nitrogens is 4. The summed E-state index contributed by atoms with van der Waals surface area (Å²) in [5.41, 5.74) is 0.289. The maximum atomic E-state index is 13.4. The molecule has 1 aromatic heterocycles. The number of amides is 2. The Hall–Kier alpha value is -2.86. The fraction of sp³-hybridized carbons (Fsp3) is 0.654. The second-order valence-corrected chi connectivity index (χ2v) is 12.2. The third-order valence-electron chi connectivity index (χ3n) is 7.48. The first-order valence-corrected chi connectivity index (χ1v) is 14.4. The molecule has 0 aliphatic carbocycles. The molecule has 11 nitrogen and oxygen atoms in total. The van der Waals surface area contributed by atoms with Crippen molar-refractivity contribution in [2.24, 2.45) is 0 Å². The maximum absolute atomic E-state index is 13.4. The minimum absolute atomic E-state index is 0.0388. The zero-order valence-electron chi connectivity index (χ0n) is 22.6. The van der Waals surface area contributed by atoms with Gasteiger partial charge in [0.1, 0.15) is 17.4 Å². The van der Waals surface area contributed by atoms with Crippen molar-refractivity contribution in [2.75, 3.05) is 44.9 Å². The van der Waals surface area contributed by atoms with Gasteiger partial charge in [0.2, 0.25) is 5.91 Å². The van der Waals surface area contributed by atoms with Crippen molar-refractivity contribution in [3.05, 3.63) is 30.1 Å². The van der Waals surface area contributed by atoms with Crippen molar-refractivity contribution in [3.63, 3.8) is 0 Å². The molecule has 0 spiro atoms. The highest BCUT2D eigenvalue weighted by atomic mass is 32.2. The molecule has 2 aromatic rings. The average Bonchev–Trinajstić information content (AvgIpc) is 3.68. The Morgan fingerprint density at radius 2 is 1.82 bits per heavy atom. The van der Waals surface area contributed by atoms with Crippen molar-refractivity contribution in [1.29, 1.82) is 0 Å². The molecule has 3 aliphatic rings. The molecule has 0 N–H and O–H groups in total. The van der Waals surface area contributed by atoms with E-state index in [9.17, 15) is 9.59 Å². The van der Waals surface area contributed by atoms with Gasteiger partial charge >= 0.3 is 6.09 Å². The maximum Gasteiger partial charge on any atom is 0.411 e. The molecule has 4 heterocycles. The van der Waals surface area contributed by atoms with Crippen LogP contribution in [0.15, 0.2) is 24.3 Å². The van der Waals surface area contributed by atoms with E-state index in [0.29, 0.717) is 18.8 Å². The van der Waals surface area contributed by atoms with Crippen LogP contribution in [0.2, 0.25) is 0 Å². The molecule has 206 valence electrons. The summed E-state index contributed by atoms with van der Waals surface area (Å²) in [5.74, 6) is 3.54. The molecular formula is C26H37N7O4S. The Kier molecular flexibility index (Phi) is 7.80. The zero-order chi connectivity index (χ0) is 26.9. The first kappa shape index (κ1) is 26.7. The quantitative estimate of drug-likeness (QED) is 0.563. The first-order valence-electron chi connectivity index (χ1n) is 13.3. The summed E-state index contributed by atoms with van der Waals surface area (Å²) in [7, 11) is 1.64. The van der Waals surface area contributed by atoms with Crippen LogP contribution in [0.1, 0.15) is 51.8 Å². The average molecular weight is 544 g/mol. The number of thioether (sulfide) groups is 1. The minimum atomic E-state index is -0.613. The molecule has 1 aromatic carbocycles. The van der Waals surface area contributed by atoms with Crippen LogP contribution in [0.3, 0.4) is 0 Å². The topological polar surface area (TPSA) is 106 Å². The number of carbonyl (C=O) groups is 2. The van der Waals surface area contributed by atoms with Gasteiger partial charge in [0.25, 0.3) is 0 Å². The SMILES string of the molecule is COc1ccc(-n2nnnc2C2CCN([C@H]3C[C@@H](C(=O)N4CCSC4)N(C(=O)OC(C)(C)C)C3)CC2)cc1. The lowest BCUT2D eigenvalue weighted by atomic mass is 9.94. The van der Waals surface area contributed by atoms with Gasteiger partial charge in [-0.2, -0.15) is 4.68 Å². The van der Waals surface area contributed by atoms with Crippen molar-refractivity contribution in [3.8, 4) is 11.4 Å². The summed E-state index contributed by atoms with van der Waals surface area (Å²) >= 11 is 1.75. The van der Waals surface area contributed by atoms with E-state index in [-0.39, 0.29) is 17.9 Å². The van der Waals surface area contributed by atoms with Gasteiger partial charge in [-0.1, -0.05) is 0 Å². The fourth-order valence-electron chi connectivity index (χ4n) is 5.51. The largest absolute Gasteiger partial charge is 0.497 e. The van der Waals surface area contributed by atoms with E-state index in [4.69, 9.17) is 9.47 Å². The number of benzene rings is 1. The van der Waals surface area contributed by atoms with E-state index in [1.54, 1.807) is 23.8 Å². The molecule has 2 amide bonds. The van der Waals surface area contributed by atoms with Crippen molar-refractivity contribution in [1.82, 2.24) is 34.9 Å². The van der Waals surface area contributed by atoms with Crippen molar-refractivity contribution >= 4 is 23.8 Å². The van der Waals surface area contributed by atoms with Crippen molar-refractivity contribution < 1.29 is 19.1 Å². The van der Waals surface area contributed by atoms with E-state index >= 15 is 0 Å². The van der Waals surface area contributed by atoms with E-state index in [1.165, 1.54) is 0 Å². The first-order chi connectivity index (χ1) is 18.2. The number of tetrazole rings is 1. The molecule has 5 rings (SSSR count). The Morgan fingerprint density at radius 3 is 2.45 bits per heavy atom. The Bertz CT molecular complexity index is 1120. The molecule has 3 saturated heterocycles. The highest BCUT2D eigenvalue weighted by Crippen LogP contribution is 2.33. The number of likely N-dealkylation sites (tertiary alicyclic amines) is 2. The highest BCUT2D eigenvalue weighted by Gasteiger charge is 2.45. The van der Waals surface area contributed by atoms with Crippen LogP contribution in [0.5, 0.6) is 5.75 Å². The molecule has 3 fully saturated rings. The third-order valence-corrected chi connectivity index (χ3v) is 8.44. The molecule has 38 heavy (non-hydrogen) atoms. The number of methoxy groups -OCH3 is 1. The lowest BCUT2D eigenvalue weighted by Gasteiger charge is -2.35. The molecular weight excluding hydrogens is 506 g/mol. The van der Waals surface area contributed by atoms with E-state index < -0.39 is 17.7 Å². The summed E-state index contributed by atoms with van der Waals surface area (Å²) in [6.07, 6.45) is 2.04. The zero-order valence-corrected chi connectivity index (χ0v) is 23.4. The van der Waals surface area contributed by atoms with Gasteiger partial charge in [-0.15, -0.1) is 16.9 Å². The summed E-state index contributed by atoms with van der Waals surface area (Å²) in [6.45, 7) is 8.52. The van der Waals surface area contributed by atoms with Gasteiger partial charge < -0.3 is 14.4 Å². The molecule has 0 radical (unpaired) electrons. The third kappa shape index (κ3) is 5.75. The predicted octanol–water partition coefficient (Wildman–Crippen LogP) is 2.76. The smallest absolute Gasteiger partial charge is 0.411 e. The van der Waals surface area contributed by atoms with Crippen molar-refractivity contribution in [2.45, 2.75) is 63.6 Å². The number of hydrogen-bond acceptors (Lipinski definition) is 9. The Morgan fingerprint density at radius 1 is 1.08 bits per heavy atom. The van der Waals surface area contributed by atoms with Crippen LogP contribution >= 0.6 is 11.8 Å². The number of piperidine rings is 1. The van der Waals surface area contributed by atoms with Crippen LogP contribution in [-0.2, 0) is 9.53 Å². The van der Waals surface area contributed by atoms with Gasteiger partial charge in [-0.05, 0) is 87.8 Å². The Labute approximate surface area is 227 Å². The monoisotopic (exact) mass is 543 g/mol. The van der Waals surface area contributed by atoms with Gasteiger partial charge in [0.05, 0.1) is 18.7 Å². The number of carbonyl (C=O) groups excluding carboxylic acids is 2. The molecule has 3 aliphatic heterocycles. The molecule has 2 atom stereocenters. The number of hydrogen-bond donors (Lipinski definition) is 0. The van der Waals surface area contributed by atoms with Crippen LogP contribution in [-0.4, -0.2) is 110 Å². The highest BCUT2D eigenvalue weighted by molar-refractivity contribution is 7.99. The predicted molar refractivity (Wildman–Crippen MR) is 143 cm³/mol. The van der Waals surface area contributed by atoms with Crippen LogP contribution < -0.4 is 4.74 Å². The number of ether oxygens (including phenoxy) is 2. The molecule has 0 bridgehead atoms. The van der Waals surface area contributed by atoms with E-state index in [0.717, 1.165) is 55.5 Å². The lowest BCUT2D eigenvalue weighted by molar-refractivity contribution is -0.134. The van der Waals surface area contributed by atoms with E-state index in [1.807, 2.05) is 54.6 Å². The standard InChI is InChI=1S/C26H37N7O4S/c1-26(2,3)37-25(35)32-16-20(15-22(32)24(34)31-13-14-38-17-31)30-11-9-18(10-12-30)23-27-28-29-33(23)19-5-7-21(36-4)8-6-19/h5-8,18,20,22H,9-17H2,1-4H3/t20-,22-/m0/s1. The number of nitrogens with zero attached hydrogens (tertiary/aromatic N) is 7. The second kappa shape index (κ2) is 11.1. The van der Waals surface area contributed by atoms with E-state index in [2.05, 4.69) is 20.4 Å². The van der Waals surface area contributed by atoms with Gasteiger partial charge in [0.15, 0.2) is 5.82 Å². The van der Waals surface area contributed by atoms with Gasteiger partial charge in [-0.3, -0.25) is 14.6 Å². The number of rotatable bonds is 5. The van der Waals surface area contributed by atoms with Crippen LogP contribution in [0, 0.1) is 0 Å². The Balaban J connectivity index is 1.25. The molecule has 12 heteroatoms.